The number of hydrogen-bond acceptors (Lipinski definition) is 11. The van der Waals surface area contributed by atoms with Crippen LogP contribution >= 0.6 is 21.6 Å². The van der Waals surface area contributed by atoms with Crippen molar-refractivity contribution >= 4 is 21.6 Å². The van der Waals surface area contributed by atoms with Crippen molar-refractivity contribution in [3.63, 3.8) is 0 Å². The molecule has 5 aliphatic carbocycles. The van der Waals surface area contributed by atoms with E-state index in [9.17, 15) is 30.6 Å². The molecule has 0 amide bonds. The molecule has 3 heterocycles. The highest BCUT2D eigenvalue weighted by molar-refractivity contribution is 8.76. The summed E-state index contributed by atoms with van der Waals surface area (Å²) in [7, 11) is 3.27. The van der Waals surface area contributed by atoms with E-state index >= 15 is 0 Å². The van der Waals surface area contributed by atoms with E-state index in [0.29, 0.717) is 61.9 Å². The topological polar surface area (TPSA) is 184 Å². The van der Waals surface area contributed by atoms with Gasteiger partial charge in [0.1, 0.15) is 11.9 Å². The Morgan fingerprint density at radius 1 is 0.942 bits per heavy atom. The number of aromatic hydroxyl groups is 1. The zero-order valence-corrected chi connectivity index (χ0v) is 41.4. The summed E-state index contributed by atoms with van der Waals surface area (Å²) in [4.78, 5) is 3.37. The van der Waals surface area contributed by atoms with E-state index in [1.807, 2.05) is 24.4 Å². The number of nitrogens with one attached hydrogen (secondary N) is 2. The summed E-state index contributed by atoms with van der Waals surface area (Å²) >= 11 is 0. The lowest BCUT2D eigenvalue weighted by Crippen LogP contribution is -2.49. The van der Waals surface area contributed by atoms with Crippen LogP contribution in [-0.4, -0.2) is 91.3 Å². The molecular formula is C57H71N3O7S2. The monoisotopic (exact) mass is 973 g/mol. The smallest absolute Gasteiger partial charge is 0.161 e. The number of ether oxygens (including phenoxy) is 1. The molecule has 2 aliphatic heterocycles. The van der Waals surface area contributed by atoms with Gasteiger partial charge >= 0.3 is 0 Å². The quantitative estimate of drug-likeness (QED) is 0.0608. The number of fused-ring (bicyclic) bond motifs is 6. The number of phenolic OH excluding ortho intramolecular Hbond substituents is 1. The summed E-state index contributed by atoms with van der Waals surface area (Å²) < 4.78 is 6.94. The first-order valence-electron chi connectivity index (χ1n) is 25.6. The molecule has 0 radical (unpaired) electrons. The number of aromatic amines is 1. The number of hydrogen-bond donors (Lipinski definition) is 9. The third-order valence-corrected chi connectivity index (χ3v) is 19.8. The molecule has 1 saturated heterocycles. The first-order valence-corrected chi connectivity index (χ1v) is 28.1. The average molecular weight is 974 g/mol. The van der Waals surface area contributed by atoms with Crippen LogP contribution in [0.4, 0.5) is 0 Å². The molecule has 1 saturated carbocycles. The molecule has 10 rings (SSSR count). The minimum Gasteiger partial charge on any atom is -0.504 e. The Morgan fingerprint density at radius 3 is 2.58 bits per heavy atom. The van der Waals surface area contributed by atoms with Crippen LogP contribution in [0, 0.1) is 64.6 Å². The number of aromatic nitrogens is 1. The molecule has 2 bridgehead atoms. The number of aliphatic hydroxyl groups excluding tert-OH is 5. The van der Waals surface area contributed by atoms with Gasteiger partial charge in [0.05, 0.1) is 18.3 Å². The summed E-state index contributed by atoms with van der Waals surface area (Å²) in [6.07, 6.45) is 14.7. The van der Waals surface area contributed by atoms with Crippen molar-refractivity contribution in [2.75, 3.05) is 31.3 Å². The standard InChI is InChI=1S/C57H71N3O7S2/c1-2-33-20-37-24-50(64)52(67-53-25-38(22-42-11-7-18-59-42)43-16-19-60-56(58)47(43)32-69-68-31-40(29-61)55(53)66)27-45(37)46-26-51(65)54-36(23-44(33)46)15-17-57-28-39(34-8-4-3-5-9-34)21-35(48(57)30-62)13-14-41(57)10-6-12-49(54)63/h3-5,7-9,11,13-14,16,18,23-24,27,33,35-36,38-41,46,48-49,51,53-55,59-66H,2,6,10,12,19-22,25-26,28-32,58H2,1H3. The van der Waals surface area contributed by atoms with Crippen molar-refractivity contribution in [1.82, 2.24) is 10.3 Å². The minimum atomic E-state index is -1.05. The molecule has 3 aromatic rings. The summed E-state index contributed by atoms with van der Waals surface area (Å²) in [6, 6.07) is 18.6. The summed E-state index contributed by atoms with van der Waals surface area (Å²) in [5, 5.41) is 74.0. The highest BCUT2D eigenvalue weighted by Crippen LogP contribution is 2.59. The van der Waals surface area contributed by atoms with Gasteiger partial charge in [0, 0.05) is 83.7 Å². The SMILES string of the molecule is CCC1Cc2cc(O)c(OC3CC(Cc4ccc[nH]4)C4=CCNC(N)=C4CSSCC(CO)C3O)cc2C2CC(O)C3C(C#CC45CC(c6ccccc6)CC(C=CC4CCCC3O)C5CO)C=C12. The molecule has 1 aromatic heterocycles. The number of H-pyrrole nitrogens is 1. The van der Waals surface area contributed by atoms with Crippen molar-refractivity contribution in [1.29, 1.82) is 0 Å². The number of phenols is 1. The van der Waals surface area contributed by atoms with Crippen LogP contribution in [0.15, 0.2) is 108 Å². The Hall–Kier alpha value is -4.06. The zero-order valence-electron chi connectivity index (χ0n) is 39.8. The van der Waals surface area contributed by atoms with Crippen molar-refractivity contribution < 1.29 is 35.4 Å². The lowest BCUT2D eigenvalue weighted by atomic mass is 9.50. The van der Waals surface area contributed by atoms with Crippen LogP contribution in [0.5, 0.6) is 11.5 Å². The van der Waals surface area contributed by atoms with Crippen LogP contribution < -0.4 is 15.8 Å². The molecular weight excluding hydrogens is 903 g/mol. The minimum absolute atomic E-state index is 0.00614. The van der Waals surface area contributed by atoms with Crippen molar-refractivity contribution in [3.8, 4) is 23.3 Å². The van der Waals surface area contributed by atoms with Gasteiger partial charge in [-0.3, -0.25) is 0 Å². The maximum Gasteiger partial charge on any atom is 0.161 e. The number of nitrogens with two attached hydrogens (primary N) is 1. The second kappa shape index (κ2) is 21.0. The predicted molar refractivity (Wildman–Crippen MR) is 275 cm³/mol. The Bertz CT molecular complexity index is 2480. The normalized spacial score (nSPS) is 36.7. The molecule has 15 atom stereocenters. The maximum absolute atomic E-state index is 12.5. The van der Waals surface area contributed by atoms with E-state index in [-0.39, 0.29) is 60.2 Å². The van der Waals surface area contributed by atoms with Crippen molar-refractivity contribution in [2.24, 2.45) is 58.5 Å². The molecule has 12 heteroatoms. The Balaban J connectivity index is 1.03. The lowest BCUT2D eigenvalue weighted by Gasteiger charge is -2.53. The number of allylic oxidation sites excluding steroid dienone is 5. The molecule has 15 unspecified atom stereocenters. The predicted octanol–water partition coefficient (Wildman–Crippen LogP) is 7.89. The first-order chi connectivity index (χ1) is 33.6. The molecule has 2 aromatic carbocycles. The Kier molecular flexibility index (Phi) is 14.7. The van der Waals surface area contributed by atoms with Crippen LogP contribution in [0.1, 0.15) is 92.5 Å². The fourth-order valence-electron chi connectivity index (χ4n) is 13.8. The second-order valence-electron chi connectivity index (χ2n) is 21.2. The van der Waals surface area contributed by atoms with Gasteiger partial charge in [-0.1, -0.05) is 107 Å². The summed E-state index contributed by atoms with van der Waals surface area (Å²) in [6.45, 7) is 2.63. The van der Waals surface area contributed by atoms with Crippen molar-refractivity contribution in [3.05, 3.63) is 130 Å². The van der Waals surface area contributed by atoms with E-state index in [4.69, 9.17) is 10.5 Å². The molecule has 1 spiro atoms. The molecule has 7 aliphatic rings. The first kappa shape index (κ1) is 48.6. The molecule has 10 N–H and O–H groups in total. The van der Waals surface area contributed by atoms with Crippen LogP contribution in [0.25, 0.3) is 0 Å². The van der Waals surface area contributed by atoms with Gasteiger partial charge < -0.3 is 51.4 Å². The van der Waals surface area contributed by atoms with Gasteiger partial charge in [0.15, 0.2) is 11.5 Å². The van der Waals surface area contributed by atoms with Crippen LogP contribution in [0.3, 0.4) is 0 Å². The number of benzene rings is 2. The van der Waals surface area contributed by atoms with Gasteiger partial charge in [-0.05, 0) is 134 Å². The fourth-order valence-corrected chi connectivity index (χ4v) is 16.3. The maximum atomic E-state index is 12.5. The van der Waals surface area contributed by atoms with Gasteiger partial charge in [-0.15, -0.1) is 0 Å². The van der Waals surface area contributed by atoms with Gasteiger partial charge in [-0.25, -0.2) is 0 Å². The molecule has 10 nitrogen and oxygen atoms in total. The van der Waals surface area contributed by atoms with E-state index in [1.54, 1.807) is 21.6 Å². The third-order valence-electron chi connectivity index (χ3n) is 17.4. The van der Waals surface area contributed by atoms with Crippen LogP contribution in [-0.2, 0) is 12.8 Å². The van der Waals surface area contributed by atoms with Gasteiger partial charge in [0.25, 0.3) is 0 Å². The van der Waals surface area contributed by atoms with E-state index < -0.39 is 47.6 Å². The van der Waals surface area contributed by atoms with Crippen molar-refractivity contribution in [2.45, 2.75) is 107 Å². The third kappa shape index (κ3) is 9.59. The zero-order chi connectivity index (χ0) is 47.8. The van der Waals surface area contributed by atoms with E-state index in [0.717, 1.165) is 60.1 Å². The lowest BCUT2D eigenvalue weighted by molar-refractivity contribution is -0.0215. The largest absolute Gasteiger partial charge is 0.504 e. The molecule has 2 fully saturated rings. The number of rotatable bonds is 8. The van der Waals surface area contributed by atoms with E-state index in [2.05, 4.69) is 89.8 Å². The molecule has 69 heavy (non-hydrogen) atoms. The summed E-state index contributed by atoms with van der Waals surface area (Å²) in [5.74, 6) is 8.92. The number of aliphatic hydroxyl groups is 5. The Morgan fingerprint density at radius 2 is 1.80 bits per heavy atom. The van der Waals surface area contributed by atoms with Gasteiger partial charge in [0.2, 0.25) is 0 Å². The Labute approximate surface area is 415 Å². The van der Waals surface area contributed by atoms with Gasteiger partial charge in [-0.2, -0.15) is 0 Å². The average Bonchev–Trinajstić information content (AvgIpc) is 3.81. The highest BCUT2D eigenvalue weighted by atomic mass is 33.1. The molecule has 368 valence electrons. The van der Waals surface area contributed by atoms with E-state index in [1.165, 1.54) is 11.1 Å². The fraction of sp³-hybridized carbons (Fsp3) is 0.544. The van der Waals surface area contributed by atoms with Crippen LogP contribution in [0.2, 0.25) is 0 Å². The second-order valence-corrected chi connectivity index (χ2v) is 23.7. The number of dihydropyridines is 1. The highest BCUT2D eigenvalue weighted by Gasteiger charge is 2.54. The summed E-state index contributed by atoms with van der Waals surface area (Å²) in [5.41, 5.74) is 13.9.